The lowest BCUT2D eigenvalue weighted by atomic mass is 9.82. The fourth-order valence-corrected chi connectivity index (χ4v) is 5.27. The second-order valence-electron chi connectivity index (χ2n) is 8.52. The van der Waals surface area contributed by atoms with Crippen molar-refractivity contribution in [3.05, 3.63) is 22.5 Å². The number of carbonyl (C=O) groups is 4. The first-order valence-electron chi connectivity index (χ1n) is 10.2. The van der Waals surface area contributed by atoms with Crippen molar-refractivity contribution in [1.29, 1.82) is 0 Å². The Morgan fingerprint density at radius 1 is 1.31 bits per heavy atom. The van der Waals surface area contributed by atoms with Crippen LogP contribution in [0.1, 0.15) is 6.92 Å². The topological polar surface area (TPSA) is 179 Å². The minimum atomic E-state index is -3.97. The van der Waals surface area contributed by atoms with Crippen molar-refractivity contribution in [2.75, 3.05) is 20.3 Å². The molecule has 184 valence electrons. The molecule has 0 aromatic carbocycles. The molecule has 15 heteroatoms. The van der Waals surface area contributed by atoms with Crippen molar-refractivity contribution in [1.82, 2.24) is 9.80 Å². The summed E-state index contributed by atoms with van der Waals surface area (Å²) in [5.74, 6) is -7.88. The summed E-state index contributed by atoms with van der Waals surface area (Å²) in [5.41, 5.74) is 9.10. The standard InChI is InChI=1S/C20H18F2N6O7/c1-4-18(21,22)20(25-26-20)35-17(32)28-9-5-27-12-10(14(30)11(23)7(2)13(12)29)8(6-34-16(24)31)19(27,33-3)15(9)28/h1,8-9,15H,5-6,23H2,2-3H3,(H2,24,31)/t8-,9+,15+,19-,28?/m1/s1. The molecule has 4 atom stereocenters. The summed E-state index contributed by atoms with van der Waals surface area (Å²) in [6, 6.07) is -1.54. The number of ether oxygens (including phenoxy) is 3. The Morgan fingerprint density at radius 2 is 1.97 bits per heavy atom. The van der Waals surface area contributed by atoms with Crippen molar-refractivity contribution in [2.24, 2.45) is 27.6 Å². The number of alkyl halides is 2. The molecule has 0 unspecified atom stereocenters. The van der Waals surface area contributed by atoms with Gasteiger partial charge in [-0.2, -0.15) is 8.78 Å². The average Bonchev–Trinajstić information content (AvgIpc) is 3.69. The fraction of sp³-hybridized carbons (Fsp3) is 0.500. The number of carbonyl (C=O) groups excluding carboxylic acids is 4. The maximum atomic E-state index is 14.0. The normalized spacial score (nSPS) is 31.7. The highest BCUT2D eigenvalue weighted by Gasteiger charge is 2.79. The largest absolute Gasteiger partial charge is 0.449 e. The first-order chi connectivity index (χ1) is 16.4. The van der Waals surface area contributed by atoms with Crippen molar-refractivity contribution in [3.8, 4) is 12.3 Å². The number of hydrogen-bond donors (Lipinski definition) is 2. The van der Waals surface area contributed by atoms with Crippen LogP contribution in [0.4, 0.5) is 18.4 Å². The minimum Gasteiger partial charge on any atom is -0.449 e. The number of fused-ring (bicyclic) bond motifs is 4. The van der Waals surface area contributed by atoms with Crippen LogP contribution in [0.2, 0.25) is 0 Å². The Morgan fingerprint density at radius 3 is 2.51 bits per heavy atom. The van der Waals surface area contributed by atoms with Crippen LogP contribution in [0.25, 0.3) is 0 Å². The number of methoxy groups -OCH3 is 1. The Kier molecular flexibility index (Phi) is 4.38. The van der Waals surface area contributed by atoms with Gasteiger partial charge in [0, 0.05) is 24.8 Å². The Labute approximate surface area is 195 Å². The summed E-state index contributed by atoms with van der Waals surface area (Å²) in [5, 5.41) is 6.23. The number of ketones is 2. The first kappa shape index (κ1) is 22.7. The van der Waals surface area contributed by atoms with E-state index < -0.39 is 65.9 Å². The molecule has 0 aromatic heterocycles. The molecule has 2 saturated heterocycles. The number of halogens is 2. The molecule has 0 saturated carbocycles. The van der Waals surface area contributed by atoms with Crippen LogP contribution in [-0.4, -0.2) is 83.4 Å². The number of nitrogens with two attached hydrogens (primary N) is 2. The molecule has 2 amide bonds. The van der Waals surface area contributed by atoms with E-state index in [-0.39, 0.29) is 29.1 Å². The predicted molar refractivity (Wildman–Crippen MR) is 107 cm³/mol. The SMILES string of the molecule is C#CC(F)(F)C1(OC(=O)N2[C@H]3[C@@H]2CN2C4=C(C(=O)C(N)=C(C)C4=O)[C@@H](COC(N)=O)[C@@]32OC)N=N1. The average molecular weight is 492 g/mol. The van der Waals surface area contributed by atoms with E-state index in [1.807, 2.05) is 0 Å². The van der Waals surface area contributed by atoms with Crippen LogP contribution in [0, 0.1) is 18.3 Å². The van der Waals surface area contributed by atoms with E-state index in [2.05, 4.69) is 10.2 Å². The lowest BCUT2D eigenvalue weighted by Crippen LogP contribution is -2.56. The molecule has 4 aliphatic heterocycles. The molecule has 5 rings (SSSR count). The van der Waals surface area contributed by atoms with Crippen LogP contribution in [0.5, 0.6) is 0 Å². The van der Waals surface area contributed by atoms with Gasteiger partial charge in [0.2, 0.25) is 11.6 Å². The second kappa shape index (κ2) is 6.75. The number of terminal acetylenes is 1. The lowest BCUT2D eigenvalue weighted by Gasteiger charge is -2.40. The number of amides is 2. The van der Waals surface area contributed by atoms with Crippen molar-refractivity contribution in [2.45, 2.75) is 36.5 Å². The summed E-state index contributed by atoms with van der Waals surface area (Å²) in [6.07, 6.45) is 2.45. The second-order valence-corrected chi connectivity index (χ2v) is 8.52. The van der Waals surface area contributed by atoms with Crippen LogP contribution in [0.15, 0.2) is 32.8 Å². The van der Waals surface area contributed by atoms with Crippen LogP contribution >= 0.6 is 0 Å². The number of Topliss-reactive ketones (excluding diaryl/α,β-unsaturated/α-hetero) is 2. The van der Waals surface area contributed by atoms with E-state index in [1.165, 1.54) is 24.9 Å². The first-order valence-corrected chi connectivity index (χ1v) is 10.2. The van der Waals surface area contributed by atoms with Crippen LogP contribution in [-0.2, 0) is 23.8 Å². The summed E-state index contributed by atoms with van der Waals surface area (Å²) in [7, 11) is 1.27. The van der Waals surface area contributed by atoms with Gasteiger partial charge < -0.3 is 30.6 Å². The smallest absolute Gasteiger partial charge is 0.415 e. The summed E-state index contributed by atoms with van der Waals surface area (Å²) < 4.78 is 43.5. The van der Waals surface area contributed by atoms with E-state index in [9.17, 15) is 28.0 Å². The summed E-state index contributed by atoms with van der Waals surface area (Å²) in [4.78, 5) is 53.0. The molecule has 0 spiro atoms. The Hall–Kier alpha value is -4.06. The van der Waals surface area contributed by atoms with Crippen LogP contribution in [0.3, 0.4) is 0 Å². The van der Waals surface area contributed by atoms with Gasteiger partial charge in [-0.15, -0.1) is 16.7 Å². The van der Waals surface area contributed by atoms with Gasteiger partial charge in [0.15, 0.2) is 5.72 Å². The van der Waals surface area contributed by atoms with E-state index >= 15 is 0 Å². The Balaban J connectivity index is 1.49. The zero-order valence-electron chi connectivity index (χ0n) is 18.3. The number of primary amides is 1. The molecule has 4 heterocycles. The molecule has 1 aliphatic carbocycles. The quantitative estimate of drug-likeness (QED) is 0.293. The van der Waals surface area contributed by atoms with Crippen molar-refractivity contribution >= 4 is 23.8 Å². The molecule has 13 nitrogen and oxygen atoms in total. The highest BCUT2D eigenvalue weighted by Crippen LogP contribution is 2.60. The fourth-order valence-electron chi connectivity index (χ4n) is 5.27. The highest BCUT2D eigenvalue weighted by atomic mass is 19.3. The predicted octanol–water partition coefficient (Wildman–Crippen LogP) is -0.414. The minimum absolute atomic E-state index is 0.00432. The lowest BCUT2D eigenvalue weighted by molar-refractivity contribution is -0.147. The number of piperazine rings is 1. The molecule has 0 radical (unpaired) electrons. The molecule has 0 bridgehead atoms. The zero-order chi connectivity index (χ0) is 25.7. The van der Waals surface area contributed by atoms with Gasteiger partial charge in [-0.05, 0) is 12.8 Å². The summed E-state index contributed by atoms with van der Waals surface area (Å²) >= 11 is 0. The third-order valence-electron chi connectivity index (χ3n) is 7.00. The number of allylic oxidation sites excluding steroid dienone is 2. The maximum Gasteiger partial charge on any atom is 0.415 e. The molecular weight excluding hydrogens is 474 g/mol. The van der Waals surface area contributed by atoms with Gasteiger partial charge in [0.25, 0.3) is 0 Å². The molecular formula is C20H18F2N6O7. The van der Waals surface area contributed by atoms with Crippen molar-refractivity contribution < 1.29 is 42.2 Å². The van der Waals surface area contributed by atoms with Crippen LogP contribution < -0.4 is 11.5 Å². The van der Waals surface area contributed by atoms with E-state index in [0.29, 0.717) is 0 Å². The van der Waals surface area contributed by atoms with Crippen molar-refractivity contribution in [3.63, 3.8) is 0 Å². The van der Waals surface area contributed by atoms with Gasteiger partial charge >= 0.3 is 24.0 Å². The number of rotatable bonds is 5. The monoisotopic (exact) mass is 492 g/mol. The third kappa shape index (κ3) is 2.65. The number of hydrogen-bond acceptors (Lipinski definition) is 11. The van der Waals surface area contributed by atoms with Gasteiger partial charge in [0.05, 0.1) is 23.4 Å². The zero-order valence-corrected chi connectivity index (χ0v) is 18.3. The van der Waals surface area contributed by atoms with E-state index in [0.717, 1.165) is 4.90 Å². The van der Waals surface area contributed by atoms with Gasteiger partial charge in [-0.25, -0.2) is 9.59 Å². The van der Waals surface area contributed by atoms with E-state index in [1.54, 1.807) is 0 Å². The summed E-state index contributed by atoms with van der Waals surface area (Å²) in [6.45, 7) is 0.896. The molecule has 0 aromatic rings. The third-order valence-corrected chi connectivity index (χ3v) is 7.00. The van der Waals surface area contributed by atoms with Gasteiger partial charge in [0.1, 0.15) is 12.6 Å². The maximum absolute atomic E-state index is 14.0. The van der Waals surface area contributed by atoms with E-state index in [4.69, 9.17) is 32.1 Å². The van der Waals surface area contributed by atoms with Gasteiger partial charge in [-0.1, -0.05) is 0 Å². The molecule has 2 fully saturated rings. The molecule has 35 heavy (non-hydrogen) atoms. The van der Waals surface area contributed by atoms with Gasteiger partial charge in [-0.3, -0.25) is 14.5 Å². The number of nitrogens with zero attached hydrogens (tertiary/aromatic N) is 4. The molecule has 4 N–H and O–H groups in total. The highest BCUT2D eigenvalue weighted by molar-refractivity contribution is 6.25. The molecule has 5 aliphatic rings. The Bertz CT molecular complexity index is 1250.